The van der Waals surface area contributed by atoms with Crippen molar-refractivity contribution in [2.24, 2.45) is 0 Å². The zero-order valence-corrected chi connectivity index (χ0v) is 12.1. The molecule has 0 bridgehead atoms. The van der Waals surface area contributed by atoms with Gasteiger partial charge in [0, 0.05) is 27.2 Å². The first kappa shape index (κ1) is 13.5. The number of aliphatic hydroxyl groups is 1. The highest BCUT2D eigenvalue weighted by Gasteiger charge is 2.14. The van der Waals surface area contributed by atoms with Crippen LogP contribution in [0.4, 0.5) is 0 Å². The van der Waals surface area contributed by atoms with Crippen molar-refractivity contribution in [1.29, 1.82) is 0 Å². The quantitative estimate of drug-likeness (QED) is 0.847. The van der Waals surface area contributed by atoms with Gasteiger partial charge in [-0.3, -0.25) is 0 Å². The maximum Gasteiger partial charge on any atom is 0.0564 e. The second-order valence-electron chi connectivity index (χ2n) is 3.32. The number of hydrogen-bond donors (Lipinski definition) is 2. The molecule has 0 aliphatic heterocycles. The molecule has 2 atom stereocenters. The Labute approximate surface area is 108 Å². The standard InChI is InChI=1S/C10H16BrNOS2/c1-7(10(6-13)14-2)12-5-9-8(11)3-4-15-9/h3-4,7,10,12-13H,5-6H2,1-2H3/t7-,10-/m0/s1. The highest BCUT2D eigenvalue weighted by Crippen LogP contribution is 2.22. The Morgan fingerprint density at radius 3 is 2.87 bits per heavy atom. The van der Waals surface area contributed by atoms with Gasteiger partial charge in [0.2, 0.25) is 0 Å². The lowest BCUT2D eigenvalue weighted by Crippen LogP contribution is -2.36. The fraction of sp³-hybridized carbons (Fsp3) is 0.600. The molecule has 1 aromatic rings. The predicted molar refractivity (Wildman–Crippen MR) is 72.7 cm³/mol. The second kappa shape index (κ2) is 6.91. The molecule has 0 fully saturated rings. The minimum Gasteiger partial charge on any atom is -0.395 e. The Bertz CT molecular complexity index is 289. The van der Waals surface area contributed by atoms with E-state index in [0.29, 0.717) is 6.04 Å². The molecule has 5 heteroatoms. The number of nitrogens with one attached hydrogen (secondary N) is 1. The smallest absolute Gasteiger partial charge is 0.0564 e. The third kappa shape index (κ3) is 4.07. The molecular formula is C10H16BrNOS2. The van der Waals surface area contributed by atoms with E-state index in [9.17, 15) is 0 Å². The summed E-state index contributed by atoms with van der Waals surface area (Å²) in [5, 5.41) is 14.9. The Hall–Kier alpha value is 0.450. The fourth-order valence-electron chi connectivity index (χ4n) is 1.27. The maximum atomic E-state index is 9.14. The zero-order chi connectivity index (χ0) is 11.3. The summed E-state index contributed by atoms with van der Waals surface area (Å²) in [6.07, 6.45) is 2.03. The van der Waals surface area contributed by atoms with Gasteiger partial charge in [0.25, 0.3) is 0 Å². The number of thiophene rings is 1. The molecular weight excluding hydrogens is 294 g/mol. The van der Waals surface area contributed by atoms with E-state index in [4.69, 9.17) is 5.11 Å². The van der Waals surface area contributed by atoms with E-state index in [1.165, 1.54) is 4.88 Å². The zero-order valence-electron chi connectivity index (χ0n) is 8.87. The highest BCUT2D eigenvalue weighted by atomic mass is 79.9. The van der Waals surface area contributed by atoms with E-state index in [1.807, 2.05) is 6.26 Å². The SMILES string of the molecule is CS[C@@H](CO)[C@H](C)NCc1sccc1Br. The molecule has 0 aliphatic rings. The van der Waals surface area contributed by atoms with Crippen molar-refractivity contribution in [2.75, 3.05) is 12.9 Å². The van der Waals surface area contributed by atoms with Gasteiger partial charge in [-0.15, -0.1) is 11.3 Å². The molecule has 0 amide bonds. The van der Waals surface area contributed by atoms with Gasteiger partial charge < -0.3 is 10.4 Å². The average Bonchev–Trinajstić information content (AvgIpc) is 2.63. The van der Waals surface area contributed by atoms with Gasteiger partial charge in [0.1, 0.15) is 0 Å². The van der Waals surface area contributed by atoms with Crippen LogP contribution in [-0.4, -0.2) is 29.3 Å². The Balaban J connectivity index is 2.40. The number of aliphatic hydroxyl groups excluding tert-OH is 1. The molecule has 0 radical (unpaired) electrons. The van der Waals surface area contributed by atoms with Crippen molar-refractivity contribution in [3.8, 4) is 0 Å². The molecule has 1 aromatic heterocycles. The number of hydrogen-bond acceptors (Lipinski definition) is 4. The van der Waals surface area contributed by atoms with E-state index >= 15 is 0 Å². The molecule has 0 aliphatic carbocycles. The predicted octanol–water partition coefficient (Wildman–Crippen LogP) is 2.71. The molecule has 2 N–H and O–H groups in total. The van der Waals surface area contributed by atoms with Gasteiger partial charge in [0.05, 0.1) is 6.61 Å². The van der Waals surface area contributed by atoms with E-state index in [0.717, 1.165) is 11.0 Å². The average molecular weight is 310 g/mol. The van der Waals surface area contributed by atoms with Crippen LogP contribution >= 0.6 is 39.0 Å². The van der Waals surface area contributed by atoms with Crippen molar-refractivity contribution < 1.29 is 5.11 Å². The monoisotopic (exact) mass is 309 g/mol. The highest BCUT2D eigenvalue weighted by molar-refractivity contribution is 9.10. The van der Waals surface area contributed by atoms with Gasteiger partial charge in [-0.05, 0) is 40.6 Å². The van der Waals surface area contributed by atoms with Crippen LogP contribution in [0.2, 0.25) is 0 Å². The maximum absolute atomic E-state index is 9.14. The van der Waals surface area contributed by atoms with Crippen molar-refractivity contribution in [3.63, 3.8) is 0 Å². The van der Waals surface area contributed by atoms with Gasteiger partial charge >= 0.3 is 0 Å². The number of thioether (sulfide) groups is 1. The van der Waals surface area contributed by atoms with E-state index < -0.39 is 0 Å². The van der Waals surface area contributed by atoms with E-state index in [2.05, 4.69) is 39.6 Å². The van der Waals surface area contributed by atoms with Crippen molar-refractivity contribution in [2.45, 2.75) is 24.8 Å². The summed E-state index contributed by atoms with van der Waals surface area (Å²) in [6, 6.07) is 2.38. The summed E-state index contributed by atoms with van der Waals surface area (Å²) < 4.78 is 1.16. The lowest BCUT2D eigenvalue weighted by Gasteiger charge is -2.21. The topological polar surface area (TPSA) is 32.3 Å². The summed E-state index contributed by atoms with van der Waals surface area (Å²) in [5.41, 5.74) is 0. The molecule has 2 nitrogen and oxygen atoms in total. The van der Waals surface area contributed by atoms with Crippen molar-refractivity contribution in [1.82, 2.24) is 5.32 Å². The van der Waals surface area contributed by atoms with Crippen molar-refractivity contribution in [3.05, 3.63) is 20.8 Å². The normalized spacial score (nSPS) is 15.2. The summed E-state index contributed by atoms with van der Waals surface area (Å²) in [7, 11) is 0. The molecule has 0 spiro atoms. The van der Waals surface area contributed by atoms with Crippen LogP contribution in [0.3, 0.4) is 0 Å². The third-order valence-corrected chi connectivity index (χ3v) is 5.41. The van der Waals surface area contributed by atoms with Crippen LogP contribution in [0.1, 0.15) is 11.8 Å². The molecule has 0 unspecified atom stereocenters. The first-order valence-corrected chi connectivity index (χ1v) is 7.74. The lowest BCUT2D eigenvalue weighted by atomic mass is 10.2. The summed E-state index contributed by atoms with van der Waals surface area (Å²) in [5.74, 6) is 0. The van der Waals surface area contributed by atoms with Gasteiger partial charge in [0.15, 0.2) is 0 Å². The van der Waals surface area contributed by atoms with Gasteiger partial charge in [-0.1, -0.05) is 0 Å². The lowest BCUT2D eigenvalue weighted by molar-refractivity contribution is 0.276. The Morgan fingerprint density at radius 2 is 2.40 bits per heavy atom. The minimum absolute atomic E-state index is 0.223. The number of rotatable bonds is 6. The van der Waals surface area contributed by atoms with Crippen LogP contribution in [0, 0.1) is 0 Å². The first-order valence-electron chi connectivity index (χ1n) is 4.78. The van der Waals surface area contributed by atoms with Crippen LogP contribution in [0.15, 0.2) is 15.9 Å². The Kier molecular flexibility index (Phi) is 6.23. The largest absolute Gasteiger partial charge is 0.395 e. The molecule has 0 saturated heterocycles. The van der Waals surface area contributed by atoms with Crippen LogP contribution in [-0.2, 0) is 6.54 Å². The summed E-state index contributed by atoms with van der Waals surface area (Å²) >= 11 is 6.94. The van der Waals surface area contributed by atoms with E-state index in [1.54, 1.807) is 23.1 Å². The molecule has 0 aromatic carbocycles. The third-order valence-electron chi connectivity index (χ3n) is 2.32. The second-order valence-corrected chi connectivity index (χ2v) is 6.25. The fourth-order valence-corrected chi connectivity index (χ4v) is 3.37. The number of halogens is 1. The molecule has 0 saturated carbocycles. The molecule has 1 rings (SSSR count). The molecule has 1 heterocycles. The van der Waals surface area contributed by atoms with E-state index in [-0.39, 0.29) is 11.9 Å². The molecule has 15 heavy (non-hydrogen) atoms. The Morgan fingerprint density at radius 1 is 1.67 bits per heavy atom. The van der Waals surface area contributed by atoms with Gasteiger partial charge in [-0.2, -0.15) is 11.8 Å². The van der Waals surface area contributed by atoms with Crippen LogP contribution in [0.25, 0.3) is 0 Å². The summed E-state index contributed by atoms with van der Waals surface area (Å²) in [4.78, 5) is 1.31. The minimum atomic E-state index is 0.223. The van der Waals surface area contributed by atoms with Crippen LogP contribution < -0.4 is 5.32 Å². The van der Waals surface area contributed by atoms with Crippen molar-refractivity contribution >= 4 is 39.0 Å². The van der Waals surface area contributed by atoms with Gasteiger partial charge in [-0.25, -0.2) is 0 Å². The first-order chi connectivity index (χ1) is 7.19. The van der Waals surface area contributed by atoms with Crippen LogP contribution in [0.5, 0.6) is 0 Å². The summed E-state index contributed by atoms with van der Waals surface area (Å²) in [6.45, 7) is 3.19. The molecule has 86 valence electrons.